The molecule has 228 valence electrons. The number of hydrogen-bond donors (Lipinski definition) is 4. The van der Waals surface area contributed by atoms with E-state index in [2.05, 4.69) is 16.0 Å². The number of carbonyl (C=O) groups is 5. The Labute approximate surface area is 245 Å². The van der Waals surface area contributed by atoms with Gasteiger partial charge in [0.15, 0.2) is 6.10 Å². The summed E-state index contributed by atoms with van der Waals surface area (Å²) in [6.45, 7) is 9.87. The number of likely N-dealkylation sites (tertiary alicyclic amines) is 1. The van der Waals surface area contributed by atoms with Crippen LogP contribution in [0.3, 0.4) is 0 Å². The third-order valence-electron chi connectivity index (χ3n) is 8.97. The van der Waals surface area contributed by atoms with Crippen LogP contribution in [0.25, 0.3) is 0 Å². The number of amides is 5. The highest BCUT2D eigenvalue weighted by molar-refractivity contribution is 5.99. The number of nitrogens with one attached hydrogen (secondary N) is 3. The molecule has 0 spiro atoms. The predicted octanol–water partition coefficient (Wildman–Crippen LogP) is 0.939. The van der Waals surface area contributed by atoms with E-state index in [0.29, 0.717) is 18.0 Å². The van der Waals surface area contributed by atoms with Crippen molar-refractivity contribution in [2.75, 3.05) is 18.5 Å². The fraction of sp³-hybridized carbons (Fsp3) is 0.633. The molecule has 2 aliphatic carbocycles. The van der Waals surface area contributed by atoms with Gasteiger partial charge in [-0.15, -0.1) is 0 Å². The van der Waals surface area contributed by atoms with Crippen LogP contribution in [0.4, 0.5) is 5.69 Å². The highest BCUT2D eigenvalue weighted by Crippen LogP contribution is 2.65. The summed E-state index contributed by atoms with van der Waals surface area (Å²) in [7, 11) is 0. The number of nitrogens with two attached hydrogens (primary N) is 1. The second-order valence-electron chi connectivity index (χ2n) is 13.6. The SMILES string of the molecule is CC(C)(C)C(NC(=O)COC1CC1)C(=O)N1C[C@H]2[C@@H]([C@H]1C(=O)NC(C[C@@H]1Oc3ccccc3NC1=O)C(N)=O)C2(C)C. The van der Waals surface area contributed by atoms with Crippen molar-refractivity contribution in [1.29, 1.82) is 0 Å². The number of carbonyl (C=O) groups excluding carboxylic acids is 5. The van der Waals surface area contributed by atoms with Crippen LogP contribution in [0.15, 0.2) is 24.3 Å². The number of hydrogen-bond acceptors (Lipinski definition) is 7. The zero-order chi connectivity index (χ0) is 30.6. The van der Waals surface area contributed by atoms with E-state index in [-0.39, 0.29) is 48.2 Å². The number of anilines is 1. The van der Waals surface area contributed by atoms with Gasteiger partial charge in [0.25, 0.3) is 5.91 Å². The summed E-state index contributed by atoms with van der Waals surface area (Å²) >= 11 is 0. The molecule has 5 amide bonds. The molecule has 1 aromatic rings. The molecule has 5 N–H and O–H groups in total. The lowest BCUT2D eigenvalue weighted by Gasteiger charge is -2.38. The van der Waals surface area contributed by atoms with Crippen molar-refractivity contribution in [3.63, 3.8) is 0 Å². The average molecular weight is 584 g/mol. The van der Waals surface area contributed by atoms with E-state index >= 15 is 0 Å². The first kappa shape index (κ1) is 29.8. The molecule has 0 aromatic heterocycles. The van der Waals surface area contributed by atoms with Crippen LogP contribution >= 0.6 is 0 Å². The molecule has 12 nitrogen and oxygen atoms in total. The van der Waals surface area contributed by atoms with Crippen molar-refractivity contribution in [2.24, 2.45) is 28.4 Å². The maximum Gasteiger partial charge on any atom is 0.265 e. The quantitative estimate of drug-likeness (QED) is 0.318. The van der Waals surface area contributed by atoms with Gasteiger partial charge in [-0.25, -0.2) is 0 Å². The molecule has 0 bridgehead atoms. The maximum atomic E-state index is 14.0. The third kappa shape index (κ3) is 5.95. The Morgan fingerprint density at radius 2 is 1.86 bits per heavy atom. The smallest absolute Gasteiger partial charge is 0.265 e. The fourth-order valence-corrected chi connectivity index (χ4v) is 6.22. The molecule has 2 heterocycles. The third-order valence-corrected chi connectivity index (χ3v) is 8.97. The van der Waals surface area contributed by atoms with Crippen LogP contribution in [-0.4, -0.2) is 77.9 Å². The fourth-order valence-electron chi connectivity index (χ4n) is 6.22. The van der Waals surface area contributed by atoms with Crippen LogP contribution in [0.1, 0.15) is 53.9 Å². The van der Waals surface area contributed by atoms with E-state index in [1.807, 2.05) is 34.6 Å². The Balaban J connectivity index is 1.31. The number of para-hydroxylation sites is 2. The van der Waals surface area contributed by atoms with Gasteiger partial charge in [0.05, 0.1) is 11.8 Å². The topological polar surface area (TPSA) is 169 Å². The van der Waals surface area contributed by atoms with Crippen LogP contribution in [0.2, 0.25) is 0 Å². The molecule has 2 unspecified atom stereocenters. The lowest BCUT2D eigenvalue weighted by molar-refractivity contribution is -0.146. The molecular formula is C30H41N5O7. The molecule has 1 saturated heterocycles. The molecular weight excluding hydrogens is 542 g/mol. The average Bonchev–Trinajstić information content (AvgIpc) is 3.77. The van der Waals surface area contributed by atoms with Crippen molar-refractivity contribution >= 4 is 35.2 Å². The van der Waals surface area contributed by atoms with Crippen LogP contribution in [0.5, 0.6) is 5.75 Å². The Morgan fingerprint density at radius 3 is 2.50 bits per heavy atom. The largest absolute Gasteiger partial charge is 0.478 e. The van der Waals surface area contributed by atoms with Crippen LogP contribution < -0.4 is 26.4 Å². The monoisotopic (exact) mass is 583 g/mol. The highest BCUT2D eigenvalue weighted by Gasteiger charge is 2.70. The van der Waals surface area contributed by atoms with Gasteiger partial charge in [0.2, 0.25) is 23.6 Å². The molecule has 12 heteroatoms. The minimum absolute atomic E-state index is 0.0858. The van der Waals surface area contributed by atoms with E-state index in [1.165, 1.54) is 4.90 Å². The first-order chi connectivity index (χ1) is 19.7. The first-order valence-electron chi connectivity index (χ1n) is 14.6. The zero-order valence-electron chi connectivity index (χ0n) is 24.8. The summed E-state index contributed by atoms with van der Waals surface area (Å²) in [5.41, 5.74) is 5.35. The number of piperidine rings is 1. The molecule has 2 aliphatic heterocycles. The number of fused-ring (bicyclic) bond motifs is 2. The van der Waals surface area contributed by atoms with E-state index in [1.54, 1.807) is 24.3 Å². The molecule has 3 fully saturated rings. The van der Waals surface area contributed by atoms with Gasteiger partial charge in [-0.3, -0.25) is 24.0 Å². The van der Waals surface area contributed by atoms with Gasteiger partial charge in [-0.1, -0.05) is 46.8 Å². The summed E-state index contributed by atoms with van der Waals surface area (Å²) in [5.74, 6) is -2.16. The summed E-state index contributed by atoms with van der Waals surface area (Å²) in [6.07, 6.45) is 0.715. The molecule has 4 aliphatic rings. The van der Waals surface area contributed by atoms with Crippen molar-refractivity contribution in [1.82, 2.24) is 15.5 Å². The van der Waals surface area contributed by atoms with Gasteiger partial charge in [0, 0.05) is 13.0 Å². The molecule has 42 heavy (non-hydrogen) atoms. The second-order valence-corrected chi connectivity index (χ2v) is 13.6. The minimum Gasteiger partial charge on any atom is -0.478 e. The lowest BCUT2D eigenvalue weighted by atomic mass is 9.85. The number of nitrogens with zero attached hydrogens (tertiary/aromatic N) is 1. The number of primary amides is 1. The van der Waals surface area contributed by atoms with Crippen LogP contribution in [0, 0.1) is 22.7 Å². The molecule has 2 saturated carbocycles. The zero-order valence-corrected chi connectivity index (χ0v) is 24.8. The van der Waals surface area contributed by atoms with E-state index in [4.69, 9.17) is 15.2 Å². The van der Waals surface area contributed by atoms with Crippen molar-refractivity contribution in [3.8, 4) is 5.75 Å². The molecule has 5 rings (SSSR count). The molecule has 0 radical (unpaired) electrons. The first-order valence-corrected chi connectivity index (χ1v) is 14.6. The predicted molar refractivity (Wildman–Crippen MR) is 152 cm³/mol. The van der Waals surface area contributed by atoms with E-state index in [0.717, 1.165) is 12.8 Å². The van der Waals surface area contributed by atoms with Gasteiger partial charge in [0.1, 0.15) is 30.5 Å². The summed E-state index contributed by atoms with van der Waals surface area (Å²) in [5, 5.41) is 8.29. The normalized spacial score (nSPS) is 27.0. The lowest BCUT2D eigenvalue weighted by Crippen LogP contribution is -2.61. The van der Waals surface area contributed by atoms with E-state index in [9.17, 15) is 24.0 Å². The Bertz CT molecular complexity index is 1290. The van der Waals surface area contributed by atoms with Crippen molar-refractivity contribution in [2.45, 2.75) is 84.2 Å². The van der Waals surface area contributed by atoms with Crippen LogP contribution in [-0.2, 0) is 28.7 Å². The minimum atomic E-state index is -1.21. The summed E-state index contributed by atoms with van der Waals surface area (Å²) < 4.78 is 11.3. The van der Waals surface area contributed by atoms with Gasteiger partial charge >= 0.3 is 0 Å². The summed E-state index contributed by atoms with van der Waals surface area (Å²) in [6, 6.07) is 3.93. The number of ether oxygens (including phenoxy) is 2. The highest BCUT2D eigenvalue weighted by atomic mass is 16.5. The van der Waals surface area contributed by atoms with Crippen molar-refractivity contribution in [3.05, 3.63) is 24.3 Å². The Morgan fingerprint density at radius 1 is 1.17 bits per heavy atom. The standard InChI is InChI=1S/C30H41N5O7/c1-29(2,3)24(34-21(36)14-41-15-10-11-15)28(40)35-13-16-22(30(16,4)5)23(35)27(39)33-18(25(31)37)12-20-26(38)32-17-8-6-7-9-19(17)42-20/h6-9,15-16,18,20,22-24H,10-14H2,1-5H3,(H2,31,37)(H,32,38)(H,33,39)(H,34,36)/t16-,18?,20-,22-,23-,24?/m0/s1. The van der Waals surface area contributed by atoms with Gasteiger partial charge in [-0.2, -0.15) is 0 Å². The van der Waals surface area contributed by atoms with Gasteiger partial charge < -0.3 is 36.1 Å². The maximum absolute atomic E-state index is 14.0. The Hall–Kier alpha value is -3.67. The molecule has 6 atom stereocenters. The number of rotatable bonds is 10. The van der Waals surface area contributed by atoms with E-state index < -0.39 is 47.4 Å². The Kier molecular flexibility index (Phi) is 7.71. The number of benzene rings is 1. The van der Waals surface area contributed by atoms with Crippen molar-refractivity contribution < 1.29 is 33.4 Å². The molecule has 1 aromatic carbocycles. The summed E-state index contributed by atoms with van der Waals surface area (Å²) in [4.78, 5) is 67.2. The second kappa shape index (κ2) is 10.9. The van der Waals surface area contributed by atoms with Gasteiger partial charge in [-0.05, 0) is 47.6 Å².